The molecule has 6 nitrogen and oxygen atoms in total. The molecule has 0 aliphatic rings. The van der Waals surface area contributed by atoms with E-state index in [0.717, 1.165) is 16.2 Å². The lowest BCUT2D eigenvalue weighted by Gasteiger charge is -2.05. The second-order valence-corrected chi connectivity index (χ2v) is 6.02. The molecule has 0 unspecified atom stereocenters. The molecule has 0 aliphatic heterocycles. The van der Waals surface area contributed by atoms with Crippen LogP contribution >= 0.6 is 11.8 Å². The first kappa shape index (κ1) is 17.0. The molecule has 1 heterocycles. The maximum Gasteiger partial charge on any atom is 0.338 e. The van der Waals surface area contributed by atoms with E-state index in [0.29, 0.717) is 23.1 Å². The molecule has 0 radical (unpaired) electrons. The Kier molecular flexibility index (Phi) is 5.35. The lowest BCUT2D eigenvalue weighted by atomic mass is 10.2. The van der Waals surface area contributed by atoms with Crippen LogP contribution in [0.2, 0.25) is 0 Å². The van der Waals surface area contributed by atoms with Crippen LogP contribution in [0.15, 0.2) is 57.8 Å². The van der Waals surface area contributed by atoms with Gasteiger partial charge in [0.05, 0.1) is 25.5 Å². The van der Waals surface area contributed by atoms with E-state index in [-0.39, 0.29) is 5.97 Å². The van der Waals surface area contributed by atoms with Crippen molar-refractivity contribution in [1.29, 1.82) is 0 Å². The molecular weight excluding hydrogens is 340 g/mol. The summed E-state index contributed by atoms with van der Waals surface area (Å²) in [6, 6.07) is 14.6. The van der Waals surface area contributed by atoms with Crippen LogP contribution in [0, 0.1) is 0 Å². The lowest BCUT2D eigenvalue weighted by molar-refractivity contribution is 0.0597. The molecule has 7 heteroatoms. The molecular formula is C18H16N2O4S. The molecule has 0 aliphatic carbocycles. The van der Waals surface area contributed by atoms with Crippen molar-refractivity contribution < 1.29 is 18.7 Å². The van der Waals surface area contributed by atoms with Crippen molar-refractivity contribution in [3.63, 3.8) is 0 Å². The number of carbonyl (C=O) groups is 1. The van der Waals surface area contributed by atoms with E-state index in [2.05, 4.69) is 10.2 Å². The van der Waals surface area contributed by atoms with Gasteiger partial charge in [-0.1, -0.05) is 12.1 Å². The number of thioether (sulfide) groups is 1. The van der Waals surface area contributed by atoms with Gasteiger partial charge in [0.1, 0.15) is 5.75 Å². The highest BCUT2D eigenvalue weighted by atomic mass is 32.2. The molecule has 25 heavy (non-hydrogen) atoms. The summed E-state index contributed by atoms with van der Waals surface area (Å²) in [5.74, 6) is 1.78. The van der Waals surface area contributed by atoms with Gasteiger partial charge in [-0.15, -0.1) is 22.0 Å². The number of hydrogen-bond donors (Lipinski definition) is 0. The van der Waals surface area contributed by atoms with Gasteiger partial charge in [-0.05, 0) is 36.4 Å². The monoisotopic (exact) mass is 356 g/mol. The van der Waals surface area contributed by atoms with E-state index in [9.17, 15) is 4.79 Å². The van der Waals surface area contributed by atoms with Gasteiger partial charge in [0.15, 0.2) is 0 Å². The number of rotatable bonds is 6. The molecule has 1 aromatic heterocycles. The molecule has 3 rings (SSSR count). The zero-order valence-electron chi connectivity index (χ0n) is 13.8. The van der Waals surface area contributed by atoms with Crippen LogP contribution < -0.4 is 4.74 Å². The molecule has 0 fully saturated rings. The number of aromatic nitrogens is 2. The van der Waals surface area contributed by atoms with Crippen molar-refractivity contribution in [2.24, 2.45) is 0 Å². The van der Waals surface area contributed by atoms with Crippen LogP contribution in [0.5, 0.6) is 5.75 Å². The predicted octanol–water partition coefficient (Wildman–Crippen LogP) is 3.82. The summed E-state index contributed by atoms with van der Waals surface area (Å²) >= 11 is 1.44. The molecule has 0 bridgehead atoms. The number of methoxy groups -OCH3 is 2. The first-order valence-corrected chi connectivity index (χ1v) is 8.46. The zero-order valence-corrected chi connectivity index (χ0v) is 14.6. The fraction of sp³-hybridized carbons (Fsp3) is 0.167. The van der Waals surface area contributed by atoms with E-state index in [1.54, 1.807) is 19.2 Å². The molecule has 128 valence electrons. The third-order valence-corrected chi connectivity index (χ3v) is 4.51. The number of ether oxygens (including phenoxy) is 2. The van der Waals surface area contributed by atoms with Crippen LogP contribution in [0.25, 0.3) is 11.5 Å². The van der Waals surface area contributed by atoms with Gasteiger partial charge in [0.25, 0.3) is 0 Å². The smallest absolute Gasteiger partial charge is 0.338 e. The van der Waals surface area contributed by atoms with Crippen molar-refractivity contribution in [3.8, 4) is 17.2 Å². The highest BCUT2D eigenvalue weighted by Gasteiger charge is 2.14. The zero-order chi connectivity index (χ0) is 17.6. The number of hydrogen-bond acceptors (Lipinski definition) is 7. The van der Waals surface area contributed by atoms with Crippen molar-refractivity contribution in [2.75, 3.05) is 14.2 Å². The van der Waals surface area contributed by atoms with Crippen molar-refractivity contribution in [2.45, 2.75) is 10.6 Å². The van der Waals surface area contributed by atoms with Crippen molar-refractivity contribution >= 4 is 17.7 Å². The standard InChI is InChI=1S/C18H16N2O4S/c1-22-13-9-7-12(8-10-13)17-20-19-16(24-17)11-25-15-6-4-3-5-14(15)18(21)23-2/h3-10H,11H2,1-2H3. The maximum atomic E-state index is 11.8. The molecule has 0 amide bonds. The Balaban J connectivity index is 1.71. The fourth-order valence-corrected chi connectivity index (χ4v) is 3.05. The van der Waals surface area contributed by atoms with Gasteiger partial charge in [0, 0.05) is 10.5 Å². The second kappa shape index (κ2) is 7.85. The minimum atomic E-state index is -0.368. The van der Waals surface area contributed by atoms with Gasteiger partial charge in [-0.2, -0.15) is 0 Å². The summed E-state index contributed by atoms with van der Waals surface area (Å²) in [7, 11) is 2.98. The summed E-state index contributed by atoms with van der Waals surface area (Å²) in [4.78, 5) is 12.6. The van der Waals surface area contributed by atoms with E-state index >= 15 is 0 Å². The highest BCUT2D eigenvalue weighted by molar-refractivity contribution is 7.98. The van der Waals surface area contributed by atoms with Crippen molar-refractivity contribution in [3.05, 3.63) is 60.0 Å². The first-order valence-electron chi connectivity index (χ1n) is 7.48. The second-order valence-electron chi connectivity index (χ2n) is 5.01. The average Bonchev–Trinajstić information content (AvgIpc) is 3.15. The summed E-state index contributed by atoms with van der Waals surface area (Å²) in [6.45, 7) is 0. The number of esters is 1. The van der Waals surface area contributed by atoms with E-state index in [4.69, 9.17) is 13.9 Å². The van der Waals surface area contributed by atoms with Crippen LogP contribution in [-0.4, -0.2) is 30.4 Å². The van der Waals surface area contributed by atoms with E-state index in [1.165, 1.54) is 18.9 Å². The largest absolute Gasteiger partial charge is 0.497 e. The van der Waals surface area contributed by atoms with Gasteiger partial charge < -0.3 is 13.9 Å². The van der Waals surface area contributed by atoms with Gasteiger partial charge >= 0.3 is 5.97 Å². The Bertz CT molecular complexity index is 862. The van der Waals surface area contributed by atoms with Crippen LogP contribution in [0.4, 0.5) is 0 Å². The van der Waals surface area contributed by atoms with E-state index < -0.39 is 0 Å². The molecule has 3 aromatic rings. The van der Waals surface area contributed by atoms with Crippen LogP contribution in [0.1, 0.15) is 16.2 Å². The Labute approximate surface area is 149 Å². The van der Waals surface area contributed by atoms with E-state index in [1.807, 2.05) is 36.4 Å². The molecule has 2 aromatic carbocycles. The minimum Gasteiger partial charge on any atom is -0.497 e. The molecule has 0 atom stereocenters. The maximum absolute atomic E-state index is 11.8. The highest BCUT2D eigenvalue weighted by Crippen LogP contribution is 2.28. The normalized spacial score (nSPS) is 10.5. The quantitative estimate of drug-likeness (QED) is 0.491. The molecule has 0 saturated heterocycles. The minimum absolute atomic E-state index is 0.368. The molecule has 0 saturated carbocycles. The SMILES string of the molecule is COC(=O)c1ccccc1SCc1nnc(-c2ccc(OC)cc2)o1. The number of nitrogens with zero attached hydrogens (tertiary/aromatic N) is 2. The summed E-state index contributed by atoms with van der Waals surface area (Å²) in [5.41, 5.74) is 1.34. The fourth-order valence-electron chi connectivity index (χ4n) is 2.17. The molecule has 0 N–H and O–H groups in total. The van der Waals surface area contributed by atoms with Crippen LogP contribution in [0.3, 0.4) is 0 Å². The number of carbonyl (C=O) groups excluding carboxylic acids is 1. The van der Waals surface area contributed by atoms with Gasteiger partial charge in [-0.25, -0.2) is 4.79 Å². The lowest BCUT2D eigenvalue weighted by Crippen LogP contribution is -2.02. The summed E-state index contributed by atoms with van der Waals surface area (Å²) < 4.78 is 15.6. The first-order chi connectivity index (χ1) is 12.2. The van der Waals surface area contributed by atoms with Crippen LogP contribution in [-0.2, 0) is 10.5 Å². The molecule has 0 spiro atoms. The summed E-state index contributed by atoms with van der Waals surface area (Å²) in [5, 5.41) is 8.13. The third-order valence-electron chi connectivity index (χ3n) is 3.45. The third kappa shape index (κ3) is 4.00. The Morgan fingerprint density at radius 3 is 2.56 bits per heavy atom. The Hall–Kier alpha value is -2.80. The Morgan fingerprint density at radius 2 is 1.84 bits per heavy atom. The number of benzene rings is 2. The van der Waals surface area contributed by atoms with Crippen molar-refractivity contribution in [1.82, 2.24) is 10.2 Å². The van der Waals surface area contributed by atoms with Gasteiger partial charge in [0.2, 0.25) is 11.8 Å². The average molecular weight is 356 g/mol. The summed E-state index contributed by atoms with van der Waals surface area (Å²) in [6.07, 6.45) is 0. The van der Waals surface area contributed by atoms with Gasteiger partial charge in [-0.3, -0.25) is 0 Å². The topological polar surface area (TPSA) is 74.5 Å². The Morgan fingerprint density at radius 1 is 1.08 bits per heavy atom. The predicted molar refractivity (Wildman–Crippen MR) is 93.6 cm³/mol.